The number of ether oxygens (including phenoxy) is 1. The van der Waals surface area contributed by atoms with Crippen LogP contribution in [0.1, 0.15) is 38.3 Å². The first kappa shape index (κ1) is 19.8. The minimum absolute atomic E-state index is 0.0735. The maximum Gasteiger partial charge on any atom is 0.329 e. The van der Waals surface area contributed by atoms with Crippen LogP contribution in [0, 0.1) is 12.3 Å². The van der Waals surface area contributed by atoms with Crippen molar-refractivity contribution in [2.75, 3.05) is 17.2 Å². The van der Waals surface area contributed by atoms with Gasteiger partial charge in [-0.2, -0.15) is 0 Å². The van der Waals surface area contributed by atoms with E-state index in [4.69, 9.17) is 4.74 Å². The lowest BCUT2D eigenvalue weighted by Gasteiger charge is -2.35. The van der Waals surface area contributed by atoms with Crippen LogP contribution in [0.4, 0.5) is 16.4 Å². The third kappa shape index (κ3) is 3.83. The van der Waals surface area contributed by atoms with Crippen LogP contribution in [0.15, 0.2) is 30.5 Å². The van der Waals surface area contributed by atoms with Crippen LogP contribution in [-0.4, -0.2) is 39.3 Å². The SMILES string of the molecule is CC(=O)Nc1cc(Oc2ccc(NC(=O)N3CCC4(CCC4)C3=O)nc2C)ccn1. The molecular weight excluding hydrogens is 386 g/mol. The molecule has 0 unspecified atom stereocenters. The predicted molar refractivity (Wildman–Crippen MR) is 109 cm³/mol. The monoisotopic (exact) mass is 409 g/mol. The first-order valence-electron chi connectivity index (χ1n) is 9.88. The molecule has 1 aliphatic carbocycles. The summed E-state index contributed by atoms with van der Waals surface area (Å²) in [6, 6.07) is 6.13. The van der Waals surface area contributed by atoms with Gasteiger partial charge in [-0.3, -0.25) is 19.8 Å². The third-order valence-corrected chi connectivity index (χ3v) is 5.60. The highest BCUT2D eigenvalue weighted by Crippen LogP contribution is 2.49. The smallest absolute Gasteiger partial charge is 0.329 e. The summed E-state index contributed by atoms with van der Waals surface area (Å²) >= 11 is 0. The zero-order chi connectivity index (χ0) is 21.3. The summed E-state index contributed by atoms with van der Waals surface area (Å²) in [7, 11) is 0. The van der Waals surface area contributed by atoms with Gasteiger partial charge < -0.3 is 10.1 Å². The Bertz CT molecular complexity index is 1020. The fourth-order valence-corrected chi connectivity index (χ4v) is 3.83. The van der Waals surface area contributed by atoms with E-state index in [0.717, 1.165) is 25.7 Å². The lowest BCUT2D eigenvalue weighted by Crippen LogP contribution is -2.43. The Balaban J connectivity index is 1.42. The number of carbonyl (C=O) groups excluding carboxylic acids is 3. The maximum atomic E-state index is 12.6. The van der Waals surface area contributed by atoms with Crippen LogP contribution in [0.2, 0.25) is 0 Å². The van der Waals surface area contributed by atoms with Gasteiger partial charge in [-0.05, 0) is 44.4 Å². The van der Waals surface area contributed by atoms with Crippen molar-refractivity contribution in [3.8, 4) is 11.5 Å². The van der Waals surface area contributed by atoms with E-state index in [-0.39, 0.29) is 17.2 Å². The number of likely N-dealkylation sites (tertiary alicyclic amines) is 1. The summed E-state index contributed by atoms with van der Waals surface area (Å²) in [6.45, 7) is 3.60. The van der Waals surface area contributed by atoms with Crippen molar-refractivity contribution in [3.63, 3.8) is 0 Å². The third-order valence-electron chi connectivity index (χ3n) is 5.60. The molecule has 4 rings (SSSR count). The molecule has 9 nitrogen and oxygen atoms in total. The van der Waals surface area contributed by atoms with Gasteiger partial charge in [0.1, 0.15) is 23.1 Å². The van der Waals surface area contributed by atoms with Crippen molar-refractivity contribution in [1.29, 1.82) is 0 Å². The number of urea groups is 1. The molecule has 1 saturated carbocycles. The molecule has 1 spiro atoms. The Morgan fingerprint density at radius 3 is 2.57 bits per heavy atom. The van der Waals surface area contributed by atoms with Crippen molar-refractivity contribution in [3.05, 3.63) is 36.2 Å². The number of aromatic nitrogens is 2. The Morgan fingerprint density at radius 1 is 1.13 bits per heavy atom. The number of hydrogen-bond donors (Lipinski definition) is 2. The molecule has 3 heterocycles. The molecule has 2 fully saturated rings. The number of amides is 4. The lowest BCUT2D eigenvalue weighted by molar-refractivity contribution is -0.137. The van der Waals surface area contributed by atoms with E-state index in [0.29, 0.717) is 35.4 Å². The Hall–Kier alpha value is -3.49. The van der Waals surface area contributed by atoms with E-state index in [1.165, 1.54) is 18.0 Å². The summed E-state index contributed by atoms with van der Waals surface area (Å²) in [4.78, 5) is 46.0. The van der Waals surface area contributed by atoms with Gasteiger partial charge in [0.05, 0.1) is 11.1 Å². The van der Waals surface area contributed by atoms with E-state index >= 15 is 0 Å². The molecule has 2 aliphatic rings. The summed E-state index contributed by atoms with van der Waals surface area (Å²) in [6.07, 6.45) is 5.06. The largest absolute Gasteiger partial charge is 0.455 e. The van der Waals surface area contributed by atoms with Crippen LogP contribution in [0.25, 0.3) is 0 Å². The van der Waals surface area contributed by atoms with E-state index in [9.17, 15) is 14.4 Å². The quantitative estimate of drug-likeness (QED) is 0.799. The van der Waals surface area contributed by atoms with E-state index < -0.39 is 6.03 Å². The fourth-order valence-electron chi connectivity index (χ4n) is 3.83. The number of nitrogens with zero attached hydrogens (tertiary/aromatic N) is 3. The number of imide groups is 1. The summed E-state index contributed by atoms with van der Waals surface area (Å²) in [5.41, 5.74) is 0.257. The van der Waals surface area contributed by atoms with Crippen LogP contribution in [-0.2, 0) is 9.59 Å². The zero-order valence-corrected chi connectivity index (χ0v) is 16.9. The van der Waals surface area contributed by atoms with Crippen LogP contribution in [0.3, 0.4) is 0 Å². The molecule has 156 valence electrons. The molecule has 2 aromatic heterocycles. The van der Waals surface area contributed by atoms with E-state index in [1.807, 2.05) is 0 Å². The number of nitrogens with one attached hydrogen (secondary N) is 2. The number of hydrogen-bond acceptors (Lipinski definition) is 6. The second-order valence-electron chi connectivity index (χ2n) is 7.71. The highest BCUT2D eigenvalue weighted by molar-refractivity contribution is 6.04. The predicted octanol–water partition coefficient (Wildman–Crippen LogP) is 3.47. The Morgan fingerprint density at radius 2 is 1.93 bits per heavy atom. The molecule has 1 saturated heterocycles. The Labute approximate surface area is 173 Å². The second-order valence-corrected chi connectivity index (χ2v) is 7.71. The van der Waals surface area contributed by atoms with Crippen molar-refractivity contribution >= 4 is 29.5 Å². The van der Waals surface area contributed by atoms with Crippen molar-refractivity contribution in [1.82, 2.24) is 14.9 Å². The van der Waals surface area contributed by atoms with Crippen molar-refractivity contribution in [2.24, 2.45) is 5.41 Å². The van der Waals surface area contributed by atoms with Crippen LogP contribution < -0.4 is 15.4 Å². The Kier molecular flexibility index (Phi) is 5.11. The molecule has 2 N–H and O–H groups in total. The van der Waals surface area contributed by atoms with Gasteiger partial charge in [0.25, 0.3) is 0 Å². The number of aryl methyl sites for hydroxylation is 1. The second kappa shape index (κ2) is 7.74. The van der Waals surface area contributed by atoms with Gasteiger partial charge >= 0.3 is 6.03 Å². The topological polar surface area (TPSA) is 114 Å². The molecule has 0 radical (unpaired) electrons. The standard InChI is InChI=1S/C21H23N5O4/c1-13-16(30-15-6-10-22-18(12-15)24-14(2)27)4-5-17(23-13)25-20(29)26-11-9-21(19(26)28)7-3-8-21/h4-6,10,12H,3,7-9,11H2,1-2H3,(H,22,24,27)(H,23,25,29). The molecular formula is C21H23N5O4. The molecule has 4 amide bonds. The first-order chi connectivity index (χ1) is 14.4. The fraction of sp³-hybridized carbons (Fsp3) is 0.381. The van der Waals surface area contributed by atoms with Crippen LogP contribution in [0.5, 0.6) is 11.5 Å². The zero-order valence-electron chi connectivity index (χ0n) is 16.9. The molecule has 1 aliphatic heterocycles. The highest BCUT2D eigenvalue weighted by Gasteiger charge is 2.52. The van der Waals surface area contributed by atoms with Crippen LogP contribution >= 0.6 is 0 Å². The number of rotatable bonds is 4. The summed E-state index contributed by atoms with van der Waals surface area (Å²) < 4.78 is 5.83. The average Bonchev–Trinajstić information content (AvgIpc) is 3.01. The molecule has 0 bridgehead atoms. The van der Waals surface area contributed by atoms with Gasteiger partial charge in [-0.25, -0.2) is 14.8 Å². The number of anilines is 2. The summed E-state index contributed by atoms with van der Waals surface area (Å²) in [5, 5.41) is 5.30. The average molecular weight is 409 g/mol. The van der Waals surface area contributed by atoms with Crippen molar-refractivity contribution in [2.45, 2.75) is 39.5 Å². The maximum absolute atomic E-state index is 12.6. The summed E-state index contributed by atoms with van der Waals surface area (Å²) in [5.74, 6) is 1.42. The van der Waals surface area contributed by atoms with E-state index in [2.05, 4.69) is 20.6 Å². The van der Waals surface area contributed by atoms with Crippen molar-refractivity contribution < 1.29 is 19.1 Å². The van der Waals surface area contributed by atoms with Gasteiger partial charge in [0.2, 0.25) is 11.8 Å². The highest BCUT2D eigenvalue weighted by atomic mass is 16.5. The number of carbonyl (C=O) groups is 3. The minimum Gasteiger partial charge on any atom is -0.455 e. The van der Waals surface area contributed by atoms with Gasteiger partial charge in [0.15, 0.2) is 0 Å². The molecule has 30 heavy (non-hydrogen) atoms. The molecule has 0 atom stereocenters. The molecule has 9 heteroatoms. The number of pyridine rings is 2. The lowest BCUT2D eigenvalue weighted by atomic mass is 9.68. The normalized spacial score (nSPS) is 16.9. The minimum atomic E-state index is -0.446. The van der Waals surface area contributed by atoms with E-state index in [1.54, 1.807) is 31.2 Å². The first-order valence-corrected chi connectivity index (χ1v) is 9.88. The molecule has 2 aromatic rings. The molecule has 0 aromatic carbocycles. The van der Waals surface area contributed by atoms with Gasteiger partial charge in [0, 0.05) is 25.7 Å². The van der Waals surface area contributed by atoms with Gasteiger partial charge in [-0.15, -0.1) is 0 Å². The van der Waals surface area contributed by atoms with Gasteiger partial charge in [-0.1, -0.05) is 6.42 Å².